The van der Waals surface area contributed by atoms with Crippen LogP contribution in [0.2, 0.25) is 0 Å². The van der Waals surface area contributed by atoms with E-state index in [1.54, 1.807) is 30.7 Å². The average Bonchev–Trinajstić information content (AvgIpc) is 3.43. The number of para-hydroxylation sites is 1. The van der Waals surface area contributed by atoms with Gasteiger partial charge in [-0.15, -0.1) is 0 Å². The van der Waals surface area contributed by atoms with Crippen LogP contribution in [0.4, 0.5) is 10.1 Å². The van der Waals surface area contributed by atoms with Crippen LogP contribution < -0.4 is 5.73 Å². The Kier molecular flexibility index (Phi) is 3.97. The molecule has 0 aliphatic heterocycles. The molecule has 4 N–H and O–H groups in total. The number of nitrogens with two attached hydrogens (primary N) is 1. The highest BCUT2D eigenvalue weighted by molar-refractivity contribution is 5.97. The maximum Gasteiger partial charge on any atom is 0.159 e. The second-order valence-electron chi connectivity index (χ2n) is 7.46. The number of halogens is 1. The lowest BCUT2D eigenvalue weighted by Gasteiger charge is -2.03. The lowest BCUT2D eigenvalue weighted by molar-refractivity contribution is 0.631. The summed E-state index contributed by atoms with van der Waals surface area (Å²) in [6, 6.07) is 16.1. The van der Waals surface area contributed by atoms with Gasteiger partial charge in [-0.05, 0) is 24.3 Å². The van der Waals surface area contributed by atoms with Gasteiger partial charge >= 0.3 is 0 Å². The van der Waals surface area contributed by atoms with Crippen LogP contribution in [0.5, 0.6) is 0 Å². The zero-order valence-corrected chi connectivity index (χ0v) is 16.7. The Bertz CT molecular complexity index is 1620. The zero-order chi connectivity index (χ0) is 21.7. The summed E-state index contributed by atoms with van der Waals surface area (Å²) in [5.41, 5.74) is 12.1. The number of imidazole rings is 1. The van der Waals surface area contributed by atoms with Crippen LogP contribution in [-0.4, -0.2) is 30.1 Å². The molecular weight excluding hydrogens is 405 g/mol. The smallest absolute Gasteiger partial charge is 0.159 e. The van der Waals surface area contributed by atoms with E-state index in [1.807, 2.05) is 36.4 Å². The number of benzene rings is 2. The Hall–Kier alpha value is -4.59. The number of anilines is 1. The van der Waals surface area contributed by atoms with Crippen LogP contribution in [0, 0.1) is 5.82 Å². The zero-order valence-electron chi connectivity index (χ0n) is 16.7. The monoisotopic (exact) mass is 421 g/mol. The number of pyridine rings is 2. The van der Waals surface area contributed by atoms with Gasteiger partial charge in [-0.25, -0.2) is 9.37 Å². The second-order valence-corrected chi connectivity index (χ2v) is 7.46. The number of aromatic amines is 2. The number of nitrogens with zero attached hydrogens (tertiary/aromatic N) is 4. The van der Waals surface area contributed by atoms with E-state index in [0.717, 1.165) is 33.2 Å². The van der Waals surface area contributed by atoms with Crippen molar-refractivity contribution in [2.75, 3.05) is 5.73 Å². The van der Waals surface area contributed by atoms with E-state index in [1.165, 1.54) is 6.07 Å². The minimum atomic E-state index is -0.291. The molecule has 0 saturated carbocycles. The molecular formula is C24H16FN7. The predicted molar refractivity (Wildman–Crippen MR) is 122 cm³/mol. The molecule has 0 amide bonds. The first kappa shape index (κ1) is 18.2. The summed E-state index contributed by atoms with van der Waals surface area (Å²) >= 11 is 0. The van der Waals surface area contributed by atoms with Crippen LogP contribution in [0.15, 0.2) is 73.2 Å². The second kappa shape index (κ2) is 6.98. The van der Waals surface area contributed by atoms with Crippen molar-refractivity contribution in [2.24, 2.45) is 0 Å². The fraction of sp³-hybridized carbons (Fsp3) is 0. The highest BCUT2D eigenvalue weighted by Crippen LogP contribution is 2.33. The summed E-state index contributed by atoms with van der Waals surface area (Å²) in [5.74, 6) is 0.291. The SMILES string of the molecule is Nc1cncc(-c2cc3c(-c4nc5c(-c6ccccc6F)cccc5[nH]4)n[nH]c3cn2)c1. The number of hydrogen-bond donors (Lipinski definition) is 3. The van der Waals surface area contributed by atoms with Gasteiger partial charge in [-0.1, -0.05) is 30.3 Å². The molecule has 0 unspecified atom stereocenters. The van der Waals surface area contributed by atoms with Gasteiger partial charge in [-0.2, -0.15) is 5.10 Å². The van der Waals surface area contributed by atoms with E-state index in [9.17, 15) is 4.39 Å². The topological polar surface area (TPSA) is 109 Å². The maximum absolute atomic E-state index is 14.4. The van der Waals surface area contributed by atoms with Gasteiger partial charge in [0.1, 0.15) is 11.5 Å². The summed E-state index contributed by atoms with van der Waals surface area (Å²) in [5, 5.41) is 8.31. The first-order valence-corrected chi connectivity index (χ1v) is 9.96. The minimum Gasteiger partial charge on any atom is -0.397 e. The molecule has 0 atom stereocenters. The number of nitrogens with one attached hydrogen (secondary N) is 2. The Morgan fingerprint density at radius 1 is 0.875 bits per heavy atom. The lowest BCUT2D eigenvalue weighted by atomic mass is 10.0. The van der Waals surface area contributed by atoms with Crippen molar-refractivity contribution in [1.82, 2.24) is 30.1 Å². The first-order valence-electron chi connectivity index (χ1n) is 9.96. The van der Waals surface area contributed by atoms with Crippen molar-refractivity contribution in [2.45, 2.75) is 0 Å². The van der Waals surface area contributed by atoms with Crippen molar-refractivity contribution in [3.63, 3.8) is 0 Å². The number of rotatable bonds is 3. The number of fused-ring (bicyclic) bond motifs is 2. The molecule has 7 nitrogen and oxygen atoms in total. The molecule has 8 heteroatoms. The molecule has 4 heterocycles. The first-order chi connectivity index (χ1) is 15.7. The maximum atomic E-state index is 14.4. The van der Waals surface area contributed by atoms with Crippen molar-refractivity contribution < 1.29 is 4.39 Å². The van der Waals surface area contributed by atoms with Crippen molar-refractivity contribution in [1.29, 1.82) is 0 Å². The molecule has 0 fully saturated rings. The van der Waals surface area contributed by atoms with Crippen LogP contribution in [0.1, 0.15) is 0 Å². The number of aromatic nitrogens is 6. The molecule has 0 aliphatic carbocycles. The van der Waals surface area contributed by atoms with Crippen LogP contribution in [0.25, 0.3) is 55.8 Å². The third-order valence-corrected chi connectivity index (χ3v) is 5.40. The molecule has 0 aliphatic rings. The van der Waals surface area contributed by atoms with E-state index in [2.05, 4.69) is 25.1 Å². The van der Waals surface area contributed by atoms with Crippen molar-refractivity contribution in [3.05, 3.63) is 79.0 Å². The third kappa shape index (κ3) is 2.89. The third-order valence-electron chi connectivity index (χ3n) is 5.40. The van der Waals surface area contributed by atoms with Gasteiger partial charge in [-0.3, -0.25) is 15.1 Å². The number of nitrogen functional groups attached to an aromatic ring is 1. The molecule has 2 aromatic carbocycles. The fourth-order valence-corrected chi connectivity index (χ4v) is 3.89. The molecule has 0 spiro atoms. The Labute approximate surface area is 181 Å². The minimum absolute atomic E-state index is 0.291. The van der Waals surface area contributed by atoms with Crippen molar-refractivity contribution >= 4 is 27.6 Å². The van der Waals surface area contributed by atoms with E-state index >= 15 is 0 Å². The summed E-state index contributed by atoms with van der Waals surface area (Å²) in [7, 11) is 0. The Morgan fingerprint density at radius 3 is 2.62 bits per heavy atom. The van der Waals surface area contributed by atoms with Gasteiger partial charge in [0.25, 0.3) is 0 Å². The number of hydrogen-bond acceptors (Lipinski definition) is 5. The van der Waals surface area contributed by atoms with Crippen LogP contribution >= 0.6 is 0 Å². The van der Waals surface area contributed by atoms with Gasteiger partial charge in [0, 0.05) is 34.5 Å². The summed E-state index contributed by atoms with van der Waals surface area (Å²) < 4.78 is 14.4. The van der Waals surface area contributed by atoms with E-state index < -0.39 is 0 Å². The molecule has 154 valence electrons. The average molecular weight is 421 g/mol. The highest BCUT2D eigenvalue weighted by Gasteiger charge is 2.17. The van der Waals surface area contributed by atoms with E-state index in [0.29, 0.717) is 28.3 Å². The molecule has 0 bridgehead atoms. The fourth-order valence-electron chi connectivity index (χ4n) is 3.89. The number of H-pyrrole nitrogens is 2. The lowest BCUT2D eigenvalue weighted by Crippen LogP contribution is -1.90. The van der Waals surface area contributed by atoms with Gasteiger partial charge in [0.2, 0.25) is 0 Å². The summed E-state index contributed by atoms with van der Waals surface area (Å²) in [4.78, 5) is 16.7. The van der Waals surface area contributed by atoms with Crippen LogP contribution in [0.3, 0.4) is 0 Å². The summed E-state index contributed by atoms with van der Waals surface area (Å²) in [6.07, 6.45) is 5.02. The standard InChI is InChI=1S/C24H16FN7/c25-18-6-2-1-4-15(18)16-5-3-7-19-22(16)30-24(29-19)23-17-9-20(28-12-21(17)31-32-23)13-8-14(26)11-27-10-13/h1-12H,26H2,(H,29,30)(H,31,32). The quantitative estimate of drug-likeness (QED) is 0.374. The van der Waals surface area contributed by atoms with Crippen LogP contribution in [-0.2, 0) is 0 Å². The molecule has 4 aromatic heterocycles. The Morgan fingerprint density at radius 2 is 1.75 bits per heavy atom. The van der Waals surface area contributed by atoms with E-state index in [4.69, 9.17) is 10.7 Å². The molecule has 32 heavy (non-hydrogen) atoms. The molecule has 6 rings (SSSR count). The van der Waals surface area contributed by atoms with Crippen molar-refractivity contribution in [3.8, 4) is 33.9 Å². The molecule has 0 saturated heterocycles. The van der Waals surface area contributed by atoms with Gasteiger partial charge in [0.15, 0.2) is 5.82 Å². The molecule has 6 aromatic rings. The van der Waals surface area contributed by atoms with E-state index in [-0.39, 0.29) is 5.82 Å². The predicted octanol–water partition coefficient (Wildman–Crippen LogP) is 4.95. The highest BCUT2D eigenvalue weighted by atomic mass is 19.1. The largest absolute Gasteiger partial charge is 0.397 e. The normalized spacial score (nSPS) is 11.4. The van der Waals surface area contributed by atoms with Gasteiger partial charge in [0.05, 0.1) is 34.1 Å². The Balaban J connectivity index is 1.52. The molecule has 0 radical (unpaired) electrons. The summed E-state index contributed by atoms with van der Waals surface area (Å²) in [6.45, 7) is 0. The van der Waals surface area contributed by atoms with Gasteiger partial charge < -0.3 is 10.7 Å².